The second-order valence-electron chi connectivity index (χ2n) is 5.97. The Kier molecular flexibility index (Phi) is 5.96. The highest BCUT2D eigenvalue weighted by Crippen LogP contribution is 2.21. The maximum absolute atomic E-state index is 12.6. The number of hydrogen-bond acceptors (Lipinski definition) is 7. The molecule has 154 valence electrons. The molecule has 0 aliphatic rings. The smallest absolute Gasteiger partial charge is 0.261 e. The number of nitrogens with one attached hydrogen (secondary N) is 1. The molecule has 0 aliphatic carbocycles. The summed E-state index contributed by atoms with van der Waals surface area (Å²) < 4.78 is 55.5. The normalized spacial score (nSPS) is 12.2. The standard InChI is InChI=1S/C17H20N6O4S2/c1-3-22(4-2)29(26,27)17-11-9-16(10-12-17)28(24,25)19-14-5-7-15(8-6-14)23-13-18-20-21-23/h5-13,19H,3-4H2,1-2H3. The summed E-state index contributed by atoms with van der Waals surface area (Å²) in [6, 6.07) is 11.6. The van der Waals surface area contributed by atoms with Crippen LogP contribution in [0.1, 0.15) is 13.8 Å². The summed E-state index contributed by atoms with van der Waals surface area (Å²) in [4.78, 5) is 0.00601. The lowest BCUT2D eigenvalue weighted by Gasteiger charge is -2.18. The Morgan fingerprint density at radius 3 is 2.00 bits per heavy atom. The zero-order chi connectivity index (χ0) is 21.1. The lowest BCUT2D eigenvalue weighted by atomic mass is 10.3. The number of aromatic nitrogens is 4. The van der Waals surface area contributed by atoms with Crippen molar-refractivity contribution in [3.8, 4) is 5.69 Å². The van der Waals surface area contributed by atoms with E-state index >= 15 is 0 Å². The van der Waals surface area contributed by atoms with E-state index in [1.54, 1.807) is 38.1 Å². The molecule has 0 aliphatic heterocycles. The van der Waals surface area contributed by atoms with Crippen LogP contribution in [-0.2, 0) is 20.0 Å². The van der Waals surface area contributed by atoms with E-state index in [9.17, 15) is 16.8 Å². The maximum atomic E-state index is 12.6. The van der Waals surface area contributed by atoms with Crippen molar-refractivity contribution in [3.63, 3.8) is 0 Å². The van der Waals surface area contributed by atoms with Crippen LogP contribution >= 0.6 is 0 Å². The average molecular weight is 437 g/mol. The zero-order valence-corrected chi connectivity index (χ0v) is 17.4. The topological polar surface area (TPSA) is 127 Å². The zero-order valence-electron chi connectivity index (χ0n) is 15.8. The Balaban J connectivity index is 1.79. The summed E-state index contributed by atoms with van der Waals surface area (Å²) in [5.41, 5.74) is 1.02. The van der Waals surface area contributed by atoms with Gasteiger partial charge in [-0.05, 0) is 59.0 Å². The van der Waals surface area contributed by atoms with Crippen LogP contribution in [0.3, 0.4) is 0 Å². The van der Waals surface area contributed by atoms with Crippen molar-refractivity contribution in [1.29, 1.82) is 0 Å². The van der Waals surface area contributed by atoms with Gasteiger partial charge in [-0.3, -0.25) is 4.72 Å². The second kappa shape index (κ2) is 8.27. The fraction of sp³-hybridized carbons (Fsp3) is 0.235. The molecule has 12 heteroatoms. The lowest BCUT2D eigenvalue weighted by molar-refractivity contribution is 0.445. The number of rotatable bonds is 8. The van der Waals surface area contributed by atoms with Gasteiger partial charge in [0.15, 0.2) is 0 Å². The Morgan fingerprint density at radius 2 is 1.48 bits per heavy atom. The first-order valence-corrected chi connectivity index (χ1v) is 11.7. The van der Waals surface area contributed by atoms with Crippen LogP contribution in [0.5, 0.6) is 0 Å². The highest BCUT2D eigenvalue weighted by Gasteiger charge is 2.22. The summed E-state index contributed by atoms with van der Waals surface area (Å²) in [6.45, 7) is 4.16. The Morgan fingerprint density at radius 1 is 0.897 bits per heavy atom. The van der Waals surface area contributed by atoms with Crippen LogP contribution in [0.2, 0.25) is 0 Å². The predicted molar refractivity (Wildman–Crippen MR) is 107 cm³/mol. The molecule has 29 heavy (non-hydrogen) atoms. The van der Waals surface area contributed by atoms with Crippen LogP contribution in [0.15, 0.2) is 64.6 Å². The van der Waals surface area contributed by atoms with Crippen molar-refractivity contribution in [3.05, 3.63) is 54.9 Å². The maximum Gasteiger partial charge on any atom is 0.261 e. The van der Waals surface area contributed by atoms with E-state index in [2.05, 4.69) is 20.2 Å². The van der Waals surface area contributed by atoms with E-state index in [0.29, 0.717) is 24.5 Å². The molecule has 1 aromatic heterocycles. The van der Waals surface area contributed by atoms with Crippen LogP contribution in [0.4, 0.5) is 5.69 Å². The third-order valence-electron chi connectivity index (χ3n) is 4.21. The van der Waals surface area contributed by atoms with Gasteiger partial charge in [0.25, 0.3) is 10.0 Å². The Hall–Kier alpha value is -2.83. The highest BCUT2D eigenvalue weighted by atomic mass is 32.2. The molecule has 0 radical (unpaired) electrons. The van der Waals surface area contributed by atoms with Gasteiger partial charge in [-0.2, -0.15) is 4.31 Å². The van der Waals surface area contributed by atoms with Gasteiger partial charge in [-0.15, -0.1) is 5.10 Å². The molecule has 0 saturated heterocycles. The van der Waals surface area contributed by atoms with Crippen LogP contribution in [0.25, 0.3) is 5.69 Å². The van der Waals surface area contributed by atoms with E-state index in [-0.39, 0.29) is 9.79 Å². The van der Waals surface area contributed by atoms with Crippen molar-refractivity contribution in [1.82, 2.24) is 24.5 Å². The minimum absolute atomic E-state index is 0.0412. The fourth-order valence-corrected chi connectivity index (χ4v) is 5.20. The largest absolute Gasteiger partial charge is 0.280 e. The van der Waals surface area contributed by atoms with Crippen LogP contribution in [0, 0.1) is 0 Å². The first-order chi connectivity index (χ1) is 13.8. The third kappa shape index (κ3) is 4.44. The van der Waals surface area contributed by atoms with Gasteiger partial charge in [-0.25, -0.2) is 21.5 Å². The number of hydrogen-bond donors (Lipinski definition) is 1. The molecule has 0 spiro atoms. The first-order valence-electron chi connectivity index (χ1n) is 8.74. The van der Waals surface area contributed by atoms with Crippen molar-refractivity contribution >= 4 is 25.7 Å². The molecule has 0 atom stereocenters. The van der Waals surface area contributed by atoms with Crippen LogP contribution in [-0.4, -0.2) is 54.4 Å². The SMILES string of the molecule is CCN(CC)S(=O)(=O)c1ccc(S(=O)(=O)Nc2ccc(-n3cnnn3)cc2)cc1. The van der Waals surface area contributed by atoms with Crippen LogP contribution < -0.4 is 4.72 Å². The monoisotopic (exact) mass is 436 g/mol. The lowest BCUT2D eigenvalue weighted by Crippen LogP contribution is -2.30. The summed E-state index contributed by atoms with van der Waals surface area (Å²) >= 11 is 0. The van der Waals surface area contributed by atoms with Gasteiger partial charge < -0.3 is 0 Å². The van der Waals surface area contributed by atoms with E-state index in [0.717, 1.165) is 0 Å². The van der Waals surface area contributed by atoms with E-state index in [1.807, 2.05) is 0 Å². The average Bonchev–Trinajstić information content (AvgIpc) is 3.24. The number of anilines is 1. The van der Waals surface area contributed by atoms with E-state index in [4.69, 9.17) is 0 Å². The molecule has 1 N–H and O–H groups in total. The molecule has 3 aromatic rings. The van der Waals surface area contributed by atoms with Gasteiger partial charge in [-0.1, -0.05) is 13.8 Å². The Labute approximate surface area is 169 Å². The highest BCUT2D eigenvalue weighted by molar-refractivity contribution is 7.92. The number of benzene rings is 2. The quantitative estimate of drug-likeness (QED) is 0.567. The van der Waals surface area contributed by atoms with Gasteiger partial charge >= 0.3 is 0 Å². The molecule has 0 saturated carbocycles. The summed E-state index contributed by atoms with van der Waals surface area (Å²) in [7, 11) is -7.53. The van der Waals surface area contributed by atoms with Gasteiger partial charge in [0, 0.05) is 18.8 Å². The number of sulfonamides is 2. The molecule has 3 rings (SSSR count). The van der Waals surface area contributed by atoms with Crippen molar-refractivity contribution in [2.24, 2.45) is 0 Å². The van der Waals surface area contributed by atoms with Gasteiger partial charge in [0.1, 0.15) is 6.33 Å². The molecule has 0 amide bonds. The molecule has 0 fully saturated rings. The number of tetrazole rings is 1. The first kappa shape index (κ1) is 20.9. The molecular formula is C17H20N6O4S2. The van der Waals surface area contributed by atoms with Gasteiger partial charge in [0.2, 0.25) is 10.0 Å². The van der Waals surface area contributed by atoms with Crippen molar-refractivity contribution in [2.75, 3.05) is 17.8 Å². The molecule has 2 aromatic carbocycles. The second-order valence-corrected chi connectivity index (χ2v) is 9.59. The number of nitrogens with zero attached hydrogens (tertiary/aromatic N) is 5. The summed E-state index contributed by atoms with van der Waals surface area (Å²) in [5.74, 6) is 0. The molecule has 10 nitrogen and oxygen atoms in total. The van der Waals surface area contributed by atoms with Gasteiger partial charge in [0.05, 0.1) is 15.5 Å². The summed E-state index contributed by atoms with van der Waals surface area (Å²) in [5, 5.41) is 10.8. The molecule has 0 unspecified atom stereocenters. The van der Waals surface area contributed by atoms with Crippen molar-refractivity contribution < 1.29 is 16.8 Å². The van der Waals surface area contributed by atoms with E-state index < -0.39 is 20.0 Å². The predicted octanol–water partition coefficient (Wildman–Crippen LogP) is 1.49. The molecular weight excluding hydrogens is 416 g/mol. The van der Waals surface area contributed by atoms with E-state index in [1.165, 1.54) is 39.6 Å². The summed E-state index contributed by atoms with van der Waals surface area (Å²) in [6.07, 6.45) is 1.42. The molecule has 1 heterocycles. The minimum Gasteiger partial charge on any atom is -0.280 e. The third-order valence-corrected chi connectivity index (χ3v) is 7.67. The minimum atomic E-state index is -3.88. The molecule has 0 bridgehead atoms. The fourth-order valence-electron chi connectivity index (χ4n) is 2.68. The Bertz CT molecular complexity index is 1160. The van der Waals surface area contributed by atoms with Crippen molar-refractivity contribution in [2.45, 2.75) is 23.6 Å².